The lowest BCUT2D eigenvalue weighted by Crippen LogP contribution is -2.38. The Morgan fingerprint density at radius 1 is 1.38 bits per heavy atom. The molecule has 0 radical (unpaired) electrons. The summed E-state index contributed by atoms with van der Waals surface area (Å²) < 4.78 is 5.23. The van der Waals surface area contributed by atoms with Crippen LogP contribution in [0.5, 0.6) is 5.75 Å². The third-order valence-corrected chi connectivity index (χ3v) is 3.84. The zero-order valence-corrected chi connectivity index (χ0v) is 12.2. The molecule has 1 saturated heterocycles. The van der Waals surface area contributed by atoms with Gasteiger partial charge in [-0.05, 0) is 12.0 Å². The van der Waals surface area contributed by atoms with Crippen molar-refractivity contribution in [3.8, 4) is 5.75 Å². The maximum atomic E-state index is 12.1. The molecule has 2 N–H and O–H groups in total. The Bertz CT molecular complexity index is 532. The van der Waals surface area contributed by atoms with Gasteiger partial charge >= 0.3 is 12.0 Å². The van der Waals surface area contributed by atoms with E-state index >= 15 is 0 Å². The van der Waals surface area contributed by atoms with Crippen LogP contribution >= 0.6 is 0 Å². The minimum absolute atomic E-state index is 0.0282. The van der Waals surface area contributed by atoms with Gasteiger partial charge in [-0.2, -0.15) is 0 Å². The van der Waals surface area contributed by atoms with Crippen molar-refractivity contribution in [2.45, 2.75) is 13.5 Å². The number of methoxy groups -OCH3 is 1. The first kappa shape index (κ1) is 15.2. The fraction of sp³-hybridized carbons (Fsp3) is 0.467. The summed E-state index contributed by atoms with van der Waals surface area (Å²) in [5.74, 6) is -0.639. The van der Waals surface area contributed by atoms with E-state index in [4.69, 9.17) is 9.84 Å². The molecule has 1 aromatic rings. The summed E-state index contributed by atoms with van der Waals surface area (Å²) in [5.41, 5.74) is 0.885. The molecule has 2 atom stereocenters. The number of nitrogens with zero attached hydrogens (tertiary/aromatic N) is 1. The standard InChI is InChI=1S/C15H20N2O4/c1-10-8-17(9-12(10)14(18)19)15(20)16-7-11-5-3-4-6-13(11)21-2/h3-6,10,12H,7-9H2,1-2H3,(H,16,20)(H,18,19)/t10-,12-/m1/s1. The maximum Gasteiger partial charge on any atom is 0.317 e. The van der Waals surface area contributed by atoms with E-state index in [1.807, 2.05) is 31.2 Å². The Morgan fingerprint density at radius 3 is 2.71 bits per heavy atom. The number of nitrogens with one attached hydrogen (secondary N) is 1. The summed E-state index contributed by atoms with van der Waals surface area (Å²) in [6.45, 7) is 2.93. The van der Waals surface area contributed by atoms with Gasteiger partial charge in [0.05, 0.1) is 13.0 Å². The van der Waals surface area contributed by atoms with Gasteiger partial charge in [-0.3, -0.25) is 4.79 Å². The van der Waals surface area contributed by atoms with Crippen molar-refractivity contribution in [3.05, 3.63) is 29.8 Å². The molecule has 1 fully saturated rings. The monoisotopic (exact) mass is 292 g/mol. The highest BCUT2D eigenvalue weighted by Crippen LogP contribution is 2.23. The summed E-state index contributed by atoms with van der Waals surface area (Å²) in [6.07, 6.45) is 0. The number of carboxylic acid groups (broad SMARTS) is 1. The van der Waals surface area contributed by atoms with E-state index < -0.39 is 11.9 Å². The Kier molecular flexibility index (Phi) is 4.67. The summed E-state index contributed by atoms with van der Waals surface area (Å²) in [7, 11) is 1.58. The van der Waals surface area contributed by atoms with Crippen LogP contribution in [0.2, 0.25) is 0 Å². The van der Waals surface area contributed by atoms with Crippen LogP contribution in [-0.4, -0.2) is 42.2 Å². The van der Waals surface area contributed by atoms with Crippen molar-refractivity contribution in [1.29, 1.82) is 0 Å². The Morgan fingerprint density at radius 2 is 2.10 bits per heavy atom. The predicted octanol–water partition coefficient (Wildman–Crippen LogP) is 1.56. The number of aliphatic carboxylic acids is 1. The van der Waals surface area contributed by atoms with Crippen molar-refractivity contribution < 1.29 is 19.4 Å². The molecule has 2 amide bonds. The molecule has 1 aliphatic rings. The Hall–Kier alpha value is -2.24. The zero-order chi connectivity index (χ0) is 15.4. The molecule has 1 aliphatic heterocycles. The summed E-state index contributed by atoms with van der Waals surface area (Å²) in [6, 6.07) is 7.22. The number of urea groups is 1. The van der Waals surface area contributed by atoms with Crippen LogP contribution in [0, 0.1) is 11.8 Å². The molecule has 1 aromatic carbocycles. The number of carboxylic acids is 1. The highest BCUT2D eigenvalue weighted by atomic mass is 16.5. The maximum absolute atomic E-state index is 12.1. The number of para-hydroxylation sites is 1. The number of rotatable bonds is 4. The zero-order valence-electron chi connectivity index (χ0n) is 12.2. The van der Waals surface area contributed by atoms with Crippen molar-refractivity contribution in [3.63, 3.8) is 0 Å². The second-order valence-electron chi connectivity index (χ2n) is 5.30. The second-order valence-corrected chi connectivity index (χ2v) is 5.30. The van der Waals surface area contributed by atoms with Gasteiger partial charge in [0.2, 0.25) is 0 Å². The first-order valence-corrected chi connectivity index (χ1v) is 6.90. The van der Waals surface area contributed by atoms with Crippen molar-refractivity contribution >= 4 is 12.0 Å². The van der Waals surface area contributed by atoms with Gasteiger partial charge < -0.3 is 20.1 Å². The minimum Gasteiger partial charge on any atom is -0.496 e. The van der Waals surface area contributed by atoms with Gasteiger partial charge in [0.15, 0.2) is 0 Å². The lowest BCUT2D eigenvalue weighted by molar-refractivity contribution is -0.142. The number of amides is 2. The predicted molar refractivity (Wildman–Crippen MR) is 77.1 cm³/mol. The third-order valence-electron chi connectivity index (χ3n) is 3.84. The first-order valence-electron chi connectivity index (χ1n) is 6.90. The molecule has 6 heteroatoms. The fourth-order valence-corrected chi connectivity index (χ4v) is 2.59. The van der Waals surface area contributed by atoms with Gasteiger partial charge in [-0.1, -0.05) is 25.1 Å². The molecular weight excluding hydrogens is 272 g/mol. The molecule has 0 bridgehead atoms. The molecule has 0 aromatic heterocycles. The second kappa shape index (κ2) is 6.47. The number of benzene rings is 1. The molecular formula is C15H20N2O4. The number of likely N-dealkylation sites (tertiary alicyclic amines) is 1. The van der Waals surface area contributed by atoms with Gasteiger partial charge in [-0.15, -0.1) is 0 Å². The van der Waals surface area contributed by atoms with Crippen molar-refractivity contribution in [2.75, 3.05) is 20.2 Å². The lowest BCUT2D eigenvalue weighted by atomic mass is 9.99. The van der Waals surface area contributed by atoms with Crippen LogP contribution < -0.4 is 10.1 Å². The molecule has 0 saturated carbocycles. The van der Waals surface area contributed by atoms with Gasteiger partial charge in [0, 0.05) is 25.2 Å². The van der Waals surface area contributed by atoms with Crippen LogP contribution in [0.1, 0.15) is 12.5 Å². The molecule has 1 heterocycles. The van der Waals surface area contributed by atoms with E-state index in [-0.39, 0.29) is 18.5 Å². The number of carbonyl (C=O) groups is 2. The van der Waals surface area contributed by atoms with Crippen LogP contribution in [0.3, 0.4) is 0 Å². The van der Waals surface area contributed by atoms with E-state index in [0.29, 0.717) is 13.1 Å². The number of ether oxygens (including phenoxy) is 1. The SMILES string of the molecule is COc1ccccc1CNC(=O)N1C[C@@H](C)[C@H](C(=O)O)C1. The van der Waals surface area contributed by atoms with Gasteiger partial charge in [0.1, 0.15) is 5.75 Å². The molecule has 0 unspecified atom stereocenters. The molecule has 21 heavy (non-hydrogen) atoms. The van der Waals surface area contributed by atoms with Crippen LogP contribution in [0.25, 0.3) is 0 Å². The fourth-order valence-electron chi connectivity index (χ4n) is 2.59. The number of hydrogen-bond donors (Lipinski definition) is 2. The molecule has 6 nitrogen and oxygen atoms in total. The van der Waals surface area contributed by atoms with E-state index in [1.54, 1.807) is 12.0 Å². The number of hydrogen-bond acceptors (Lipinski definition) is 3. The normalized spacial score (nSPS) is 21.1. The average molecular weight is 292 g/mol. The van der Waals surface area contributed by atoms with Crippen LogP contribution in [0.15, 0.2) is 24.3 Å². The smallest absolute Gasteiger partial charge is 0.317 e. The summed E-state index contributed by atoms with van der Waals surface area (Å²) in [4.78, 5) is 24.7. The quantitative estimate of drug-likeness (QED) is 0.882. The minimum atomic E-state index is -0.845. The van der Waals surface area contributed by atoms with Crippen molar-refractivity contribution in [2.24, 2.45) is 11.8 Å². The largest absolute Gasteiger partial charge is 0.496 e. The van der Waals surface area contributed by atoms with Crippen molar-refractivity contribution in [1.82, 2.24) is 10.2 Å². The summed E-state index contributed by atoms with van der Waals surface area (Å²) >= 11 is 0. The van der Waals surface area contributed by atoms with E-state index in [9.17, 15) is 9.59 Å². The number of carbonyl (C=O) groups excluding carboxylic acids is 1. The van der Waals surface area contributed by atoms with Gasteiger partial charge in [0.25, 0.3) is 0 Å². The van der Waals surface area contributed by atoms with E-state index in [0.717, 1.165) is 11.3 Å². The van der Waals surface area contributed by atoms with E-state index in [1.165, 1.54) is 0 Å². The van der Waals surface area contributed by atoms with Crippen LogP contribution in [0.4, 0.5) is 4.79 Å². The average Bonchev–Trinajstić information content (AvgIpc) is 2.87. The van der Waals surface area contributed by atoms with E-state index in [2.05, 4.69) is 5.32 Å². The highest BCUT2D eigenvalue weighted by molar-refractivity contribution is 5.77. The van der Waals surface area contributed by atoms with Crippen LogP contribution in [-0.2, 0) is 11.3 Å². The first-order chi connectivity index (χ1) is 10.0. The highest BCUT2D eigenvalue weighted by Gasteiger charge is 2.36. The third kappa shape index (κ3) is 3.45. The lowest BCUT2D eigenvalue weighted by Gasteiger charge is -2.17. The topological polar surface area (TPSA) is 78.9 Å². The molecule has 0 aliphatic carbocycles. The Labute approximate surface area is 123 Å². The molecule has 2 rings (SSSR count). The summed E-state index contributed by atoms with van der Waals surface area (Å²) in [5, 5.41) is 11.9. The molecule has 114 valence electrons. The molecule has 0 spiro atoms. The Balaban J connectivity index is 1.92. The van der Waals surface area contributed by atoms with Gasteiger partial charge in [-0.25, -0.2) is 4.79 Å².